The fourth-order valence-corrected chi connectivity index (χ4v) is 2.78. The summed E-state index contributed by atoms with van der Waals surface area (Å²) < 4.78 is 0. The fourth-order valence-electron chi connectivity index (χ4n) is 2.78. The Hall–Kier alpha value is -0.570. The van der Waals surface area contributed by atoms with Gasteiger partial charge in [0.1, 0.15) is 0 Å². The van der Waals surface area contributed by atoms with Crippen molar-refractivity contribution in [1.29, 1.82) is 0 Å². The summed E-state index contributed by atoms with van der Waals surface area (Å²) in [6, 6.07) is 0. The van der Waals surface area contributed by atoms with E-state index in [1.54, 1.807) is 0 Å². The average Bonchev–Trinajstić information content (AvgIpc) is 2.84. The van der Waals surface area contributed by atoms with Crippen LogP contribution in [0, 0.1) is 17.8 Å². The number of rotatable bonds is 3. The van der Waals surface area contributed by atoms with Crippen LogP contribution in [0.1, 0.15) is 32.6 Å². The van der Waals surface area contributed by atoms with Crippen molar-refractivity contribution in [3.63, 3.8) is 0 Å². The van der Waals surface area contributed by atoms with Crippen LogP contribution < -0.4 is 10.6 Å². The van der Waals surface area contributed by atoms with Crippen molar-refractivity contribution in [1.82, 2.24) is 10.6 Å². The number of amides is 1. The Morgan fingerprint density at radius 2 is 2.27 bits per heavy atom. The number of nitrogens with one attached hydrogen (secondary N) is 2. The number of carbonyl (C=O) groups excluding carboxylic acids is 1. The zero-order valence-electron chi connectivity index (χ0n) is 9.59. The van der Waals surface area contributed by atoms with Gasteiger partial charge in [-0.15, -0.1) is 0 Å². The fraction of sp³-hybridized carbons (Fsp3) is 0.917. The lowest BCUT2D eigenvalue weighted by Crippen LogP contribution is -2.34. The van der Waals surface area contributed by atoms with E-state index in [1.807, 2.05) is 0 Å². The highest BCUT2D eigenvalue weighted by molar-refractivity contribution is 5.79. The highest BCUT2D eigenvalue weighted by atomic mass is 16.1. The third-order valence-corrected chi connectivity index (χ3v) is 3.80. The first kappa shape index (κ1) is 10.9. The minimum Gasteiger partial charge on any atom is -0.356 e. The summed E-state index contributed by atoms with van der Waals surface area (Å²) in [5.41, 5.74) is 0. The Bertz CT molecular complexity index is 224. The summed E-state index contributed by atoms with van der Waals surface area (Å²) in [6.45, 7) is 5.08. The smallest absolute Gasteiger partial charge is 0.224 e. The van der Waals surface area contributed by atoms with Crippen LogP contribution in [0.25, 0.3) is 0 Å². The van der Waals surface area contributed by atoms with E-state index in [1.165, 1.54) is 19.3 Å². The van der Waals surface area contributed by atoms with Crippen LogP contribution in [-0.4, -0.2) is 25.5 Å². The predicted octanol–water partition coefficient (Wildman–Crippen LogP) is 1.15. The molecule has 0 bridgehead atoms. The van der Waals surface area contributed by atoms with E-state index in [-0.39, 0.29) is 11.8 Å². The Labute approximate surface area is 92.0 Å². The Morgan fingerprint density at radius 1 is 1.40 bits per heavy atom. The maximum absolute atomic E-state index is 11.7. The van der Waals surface area contributed by atoms with Crippen molar-refractivity contribution in [2.45, 2.75) is 32.6 Å². The van der Waals surface area contributed by atoms with Gasteiger partial charge in [-0.1, -0.05) is 13.3 Å². The molecule has 0 radical (unpaired) electrons. The summed E-state index contributed by atoms with van der Waals surface area (Å²) in [5.74, 6) is 2.08. The van der Waals surface area contributed by atoms with Crippen LogP contribution in [-0.2, 0) is 4.79 Å². The summed E-state index contributed by atoms with van der Waals surface area (Å²) >= 11 is 0. The Morgan fingerprint density at radius 3 is 2.87 bits per heavy atom. The first-order valence-corrected chi connectivity index (χ1v) is 6.24. The minimum atomic E-state index is 0.226. The standard InChI is InChI=1S/C12H22N2O/c1-9-2-3-10(6-9)7-14-12(15)11-4-5-13-8-11/h9-11,13H,2-8H2,1H3,(H,14,15). The molecule has 1 saturated heterocycles. The third-order valence-electron chi connectivity index (χ3n) is 3.80. The van der Waals surface area contributed by atoms with Gasteiger partial charge in [-0.3, -0.25) is 4.79 Å². The highest BCUT2D eigenvalue weighted by Crippen LogP contribution is 2.29. The molecule has 0 aromatic heterocycles. The van der Waals surface area contributed by atoms with Crippen LogP contribution in [0.4, 0.5) is 0 Å². The summed E-state index contributed by atoms with van der Waals surface area (Å²) in [7, 11) is 0. The highest BCUT2D eigenvalue weighted by Gasteiger charge is 2.25. The van der Waals surface area contributed by atoms with Crippen LogP contribution in [0.3, 0.4) is 0 Å². The zero-order chi connectivity index (χ0) is 10.7. The van der Waals surface area contributed by atoms with Crippen molar-refractivity contribution in [3.05, 3.63) is 0 Å². The van der Waals surface area contributed by atoms with Crippen molar-refractivity contribution < 1.29 is 4.79 Å². The molecule has 2 N–H and O–H groups in total. The molecule has 0 aromatic carbocycles. The van der Waals surface area contributed by atoms with E-state index in [0.29, 0.717) is 0 Å². The summed E-state index contributed by atoms with van der Waals surface area (Å²) in [4.78, 5) is 11.7. The van der Waals surface area contributed by atoms with Crippen molar-refractivity contribution in [2.75, 3.05) is 19.6 Å². The molecule has 1 saturated carbocycles. The molecule has 1 heterocycles. The van der Waals surface area contributed by atoms with Crippen molar-refractivity contribution in [3.8, 4) is 0 Å². The molecule has 1 aliphatic heterocycles. The minimum absolute atomic E-state index is 0.226. The van der Waals surface area contributed by atoms with Gasteiger partial charge in [-0.05, 0) is 37.6 Å². The largest absolute Gasteiger partial charge is 0.356 e. The predicted molar refractivity (Wildman–Crippen MR) is 60.5 cm³/mol. The summed E-state index contributed by atoms with van der Waals surface area (Å²) in [6.07, 6.45) is 4.94. The molecule has 2 aliphatic rings. The van der Waals surface area contributed by atoms with Gasteiger partial charge in [-0.25, -0.2) is 0 Å². The molecule has 3 nitrogen and oxygen atoms in total. The number of carbonyl (C=O) groups is 1. The van der Waals surface area contributed by atoms with E-state index in [0.717, 1.165) is 37.9 Å². The molecule has 3 heteroatoms. The lowest BCUT2D eigenvalue weighted by molar-refractivity contribution is -0.124. The first-order valence-electron chi connectivity index (χ1n) is 6.24. The molecular weight excluding hydrogens is 188 g/mol. The molecule has 1 amide bonds. The molecular formula is C12H22N2O. The molecule has 15 heavy (non-hydrogen) atoms. The van der Waals surface area contributed by atoms with Crippen molar-refractivity contribution >= 4 is 5.91 Å². The average molecular weight is 210 g/mol. The van der Waals surface area contributed by atoms with E-state index < -0.39 is 0 Å². The summed E-state index contributed by atoms with van der Waals surface area (Å²) in [5, 5.41) is 6.34. The van der Waals surface area contributed by atoms with Crippen LogP contribution in [0.15, 0.2) is 0 Å². The van der Waals surface area contributed by atoms with Gasteiger partial charge in [0.2, 0.25) is 5.91 Å². The lowest BCUT2D eigenvalue weighted by Gasteiger charge is -2.13. The molecule has 3 unspecified atom stereocenters. The van der Waals surface area contributed by atoms with Gasteiger partial charge < -0.3 is 10.6 Å². The molecule has 2 fully saturated rings. The van der Waals surface area contributed by atoms with Crippen LogP contribution in [0.5, 0.6) is 0 Å². The van der Waals surface area contributed by atoms with Crippen LogP contribution in [0.2, 0.25) is 0 Å². The maximum Gasteiger partial charge on any atom is 0.224 e. The number of hydrogen-bond donors (Lipinski definition) is 2. The zero-order valence-corrected chi connectivity index (χ0v) is 9.59. The second kappa shape index (κ2) is 4.97. The molecule has 86 valence electrons. The normalized spacial score (nSPS) is 35.7. The SMILES string of the molecule is CC1CCC(CNC(=O)C2CCNC2)C1. The second-order valence-electron chi connectivity index (χ2n) is 5.22. The molecule has 1 aliphatic carbocycles. The topological polar surface area (TPSA) is 41.1 Å². The molecule has 0 spiro atoms. The monoisotopic (exact) mass is 210 g/mol. The van der Waals surface area contributed by atoms with E-state index >= 15 is 0 Å². The maximum atomic E-state index is 11.7. The quantitative estimate of drug-likeness (QED) is 0.733. The van der Waals surface area contributed by atoms with Gasteiger partial charge in [-0.2, -0.15) is 0 Å². The van der Waals surface area contributed by atoms with E-state index in [4.69, 9.17) is 0 Å². The Kier molecular flexibility index (Phi) is 3.62. The Balaban J connectivity index is 1.66. The second-order valence-corrected chi connectivity index (χ2v) is 5.22. The van der Waals surface area contributed by atoms with Gasteiger partial charge >= 0.3 is 0 Å². The van der Waals surface area contributed by atoms with Gasteiger partial charge in [0, 0.05) is 13.1 Å². The van der Waals surface area contributed by atoms with Crippen LogP contribution >= 0.6 is 0 Å². The van der Waals surface area contributed by atoms with Gasteiger partial charge in [0.05, 0.1) is 5.92 Å². The first-order chi connectivity index (χ1) is 7.25. The lowest BCUT2D eigenvalue weighted by atomic mass is 10.0. The molecule has 2 rings (SSSR count). The molecule has 0 aromatic rings. The third kappa shape index (κ3) is 2.94. The van der Waals surface area contributed by atoms with Gasteiger partial charge in [0.15, 0.2) is 0 Å². The van der Waals surface area contributed by atoms with Gasteiger partial charge in [0.25, 0.3) is 0 Å². The van der Waals surface area contributed by atoms with Crippen molar-refractivity contribution in [2.24, 2.45) is 17.8 Å². The molecule has 3 atom stereocenters. The van der Waals surface area contributed by atoms with E-state index in [9.17, 15) is 4.79 Å². The van der Waals surface area contributed by atoms with E-state index in [2.05, 4.69) is 17.6 Å². The number of hydrogen-bond acceptors (Lipinski definition) is 2.